The molecular weight excluding hydrogens is 443 g/mol. The lowest BCUT2D eigenvalue weighted by Gasteiger charge is -2.55. The lowest BCUT2D eigenvalue weighted by atomic mass is 9.48. The molecule has 0 radical (unpaired) electrons. The quantitative estimate of drug-likeness (QED) is 0.567. The van der Waals surface area contributed by atoms with Crippen molar-refractivity contribution in [3.8, 4) is 11.8 Å². The van der Waals surface area contributed by atoms with E-state index < -0.39 is 6.36 Å². The predicted octanol–water partition coefficient (Wildman–Crippen LogP) is 5.52. The zero-order valence-electron chi connectivity index (χ0n) is 18.5. The summed E-state index contributed by atoms with van der Waals surface area (Å²) in [6.07, 6.45) is 2.53. The van der Waals surface area contributed by atoms with Crippen LogP contribution in [0.3, 0.4) is 0 Å². The Morgan fingerprint density at radius 3 is 2.62 bits per heavy atom. The van der Waals surface area contributed by atoms with E-state index in [-0.39, 0.29) is 23.8 Å². The van der Waals surface area contributed by atoms with Crippen LogP contribution in [0.15, 0.2) is 30.5 Å². The van der Waals surface area contributed by atoms with Crippen molar-refractivity contribution in [2.24, 2.45) is 23.7 Å². The monoisotopic (exact) mass is 467 g/mol. The van der Waals surface area contributed by atoms with Crippen LogP contribution in [0.4, 0.5) is 19.1 Å². The van der Waals surface area contributed by atoms with Crippen LogP contribution in [0.25, 0.3) is 4.85 Å². The summed E-state index contributed by atoms with van der Waals surface area (Å²) in [4.78, 5) is 12.8. The maximum Gasteiger partial charge on any atom is 0.573 e. The van der Waals surface area contributed by atoms with Crippen molar-refractivity contribution in [3.63, 3.8) is 0 Å². The van der Waals surface area contributed by atoms with Crippen molar-refractivity contribution in [1.29, 1.82) is 5.26 Å². The van der Waals surface area contributed by atoms with Gasteiger partial charge in [-0.25, -0.2) is 16.5 Å². The first kappa shape index (κ1) is 22.5. The van der Waals surface area contributed by atoms with Gasteiger partial charge in [0.05, 0.1) is 17.5 Å². The van der Waals surface area contributed by atoms with E-state index in [1.807, 2.05) is 0 Å². The molecule has 0 saturated heterocycles. The van der Waals surface area contributed by atoms with E-state index >= 15 is 0 Å². The minimum Gasteiger partial charge on any atom is -0.405 e. The fraction of sp³-hybridized carbons (Fsp3) is 0.520. The molecule has 1 N–H and O–H groups in total. The van der Waals surface area contributed by atoms with Gasteiger partial charge in [-0.1, -0.05) is 18.2 Å². The highest BCUT2D eigenvalue weighted by Crippen LogP contribution is 2.60. The molecule has 6 nitrogen and oxygen atoms in total. The van der Waals surface area contributed by atoms with E-state index in [1.54, 1.807) is 12.1 Å². The summed E-state index contributed by atoms with van der Waals surface area (Å²) in [5.74, 6) is 1.97. The van der Waals surface area contributed by atoms with Crippen LogP contribution in [0.1, 0.15) is 48.9 Å². The van der Waals surface area contributed by atoms with Crippen LogP contribution in [-0.4, -0.2) is 21.9 Å². The lowest BCUT2D eigenvalue weighted by molar-refractivity contribution is -0.274. The van der Waals surface area contributed by atoms with Gasteiger partial charge in [-0.3, -0.25) is 0 Å². The van der Waals surface area contributed by atoms with Gasteiger partial charge in [0.1, 0.15) is 11.8 Å². The maximum absolute atomic E-state index is 12.7. The first-order valence-corrected chi connectivity index (χ1v) is 11.5. The van der Waals surface area contributed by atoms with Crippen molar-refractivity contribution >= 4 is 5.95 Å². The SMILES string of the molecule is [C-]#[N+]C12CC3C[C@H](C1)C(Cc1nc(NCc4ccccc4OC(F)(F)F)ncc1C#N)[C@@H](C3)C2. The molecule has 1 aromatic carbocycles. The Hall–Kier alpha value is -3.33. The zero-order valence-corrected chi connectivity index (χ0v) is 18.5. The average molecular weight is 467 g/mol. The molecule has 4 bridgehead atoms. The summed E-state index contributed by atoms with van der Waals surface area (Å²) < 4.78 is 42.2. The van der Waals surface area contributed by atoms with Gasteiger partial charge in [0.2, 0.25) is 11.5 Å². The fourth-order valence-electron chi connectivity index (χ4n) is 6.58. The van der Waals surface area contributed by atoms with Crippen molar-refractivity contribution in [3.05, 3.63) is 58.7 Å². The fourth-order valence-corrected chi connectivity index (χ4v) is 6.58. The Bertz CT molecular complexity index is 1150. The highest BCUT2D eigenvalue weighted by molar-refractivity contribution is 5.40. The van der Waals surface area contributed by atoms with E-state index in [0.29, 0.717) is 46.9 Å². The Morgan fingerprint density at radius 2 is 1.94 bits per heavy atom. The number of nitrogens with zero attached hydrogens (tertiary/aromatic N) is 4. The van der Waals surface area contributed by atoms with Crippen LogP contribution < -0.4 is 10.1 Å². The van der Waals surface area contributed by atoms with E-state index in [4.69, 9.17) is 6.57 Å². The molecule has 2 aromatic rings. The van der Waals surface area contributed by atoms with Crippen LogP contribution in [0.2, 0.25) is 0 Å². The zero-order chi connectivity index (χ0) is 23.9. The van der Waals surface area contributed by atoms with E-state index in [2.05, 4.69) is 30.9 Å². The molecule has 34 heavy (non-hydrogen) atoms. The summed E-state index contributed by atoms with van der Waals surface area (Å²) in [6, 6.07) is 8.09. The Balaban J connectivity index is 1.32. The molecule has 1 heterocycles. The summed E-state index contributed by atoms with van der Waals surface area (Å²) >= 11 is 0. The average Bonchev–Trinajstić information content (AvgIpc) is 2.79. The highest BCUT2D eigenvalue weighted by atomic mass is 19.4. The Morgan fingerprint density at radius 1 is 1.21 bits per heavy atom. The number of para-hydroxylation sites is 1. The number of nitrogens with one attached hydrogen (secondary N) is 1. The van der Waals surface area contributed by atoms with Gasteiger partial charge in [-0.15, -0.1) is 13.2 Å². The second-order valence-corrected chi connectivity index (χ2v) is 9.85. The normalized spacial score (nSPS) is 29.3. The third-order valence-corrected chi connectivity index (χ3v) is 7.73. The Labute approximate surface area is 196 Å². The number of ether oxygens (including phenoxy) is 1. The molecule has 0 amide bonds. The van der Waals surface area contributed by atoms with E-state index in [9.17, 15) is 18.4 Å². The van der Waals surface area contributed by atoms with Gasteiger partial charge in [0, 0.05) is 31.4 Å². The molecule has 0 aliphatic heterocycles. The molecule has 5 atom stereocenters. The largest absolute Gasteiger partial charge is 0.573 e. The van der Waals surface area contributed by atoms with Crippen molar-refractivity contribution in [2.75, 3.05) is 5.32 Å². The van der Waals surface area contributed by atoms with Gasteiger partial charge in [0.15, 0.2) is 0 Å². The number of alkyl halides is 3. The van der Waals surface area contributed by atoms with Gasteiger partial charge in [-0.05, 0) is 49.0 Å². The number of halogens is 3. The summed E-state index contributed by atoms with van der Waals surface area (Å²) in [5, 5.41) is 12.6. The van der Waals surface area contributed by atoms with Crippen LogP contribution >= 0.6 is 0 Å². The minimum atomic E-state index is -4.78. The number of hydrogen-bond acceptors (Lipinski definition) is 5. The number of rotatable bonds is 6. The van der Waals surface area contributed by atoms with Crippen LogP contribution in [0.5, 0.6) is 5.75 Å². The van der Waals surface area contributed by atoms with Gasteiger partial charge in [-0.2, -0.15) is 5.26 Å². The van der Waals surface area contributed by atoms with Gasteiger partial charge in [0.25, 0.3) is 0 Å². The summed E-state index contributed by atoms with van der Waals surface area (Å²) in [7, 11) is 0. The molecule has 9 heteroatoms. The number of nitriles is 1. The topological polar surface area (TPSA) is 75.2 Å². The summed E-state index contributed by atoms with van der Waals surface area (Å²) in [6.45, 7) is 7.76. The van der Waals surface area contributed by atoms with Crippen LogP contribution in [-0.2, 0) is 13.0 Å². The first-order valence-electron chi connectivity index (χ1n) is 11.5. The molecule has 4 saturated carbocycles. The van der Waals surface area contributed by atoms with E-state index in [0.717, 1.165) is 32.1 Å². The molecule has 4 fully saturated rings. The molecular formula is C25H24F3N5O. The van der Waals surface area contributed by atoms with Gasteiger partial charge < -0.3 is 14.9 Å². The predicted molar refractivity (Wildman–Crippen MR) is 117 cm³/mol. The van der Waals surface area contributed by atoms with Gasteiger partial charge >= 0.3 is 6.36 Å². The van der Waals surface area contributed by atoms with Crippen LogP contribution in [0, 0.1) is 41.6 Å². The number of benzene rings is 1. The second-order valence-electron chi connectivity index (χ2n) is 9.85. The number of aromatic nitrogens is 2. The van der Waals surface area contributed by atoms with E-state index in [1.165, 1.54) is 18.3 Å². The highest BCUT2D eigenvalue weighted by Gasteiger charge is 2.59. The smallest absolute Gasteiger partial charge is 0.405 e. The molecule has 0 spiro atoms. The molecule has 176 valence electrons. The standard InChI is InChI=1S/C25H24F3N5O/c1-30-24-9-15-6-17(10-24)20(18(7-15)11-24)8-21-19(12-29)14-32-23(33-21)31-13-16-4-2-3-5-22(16)34-25(26,27)28/h2-5,14-15,17-18,20H,6-11,13H2,(H,31,32,33)/t15?,17-,18+,20?,24?. The third-order valence-electron chi connectivity index (χ3n) is 7.73. The number of hydrogen-bond donors (Lipinski definition) is 1. The number of anilines is 1. The second kappa shape index (κ2) is 8.47. The van der Waals surface area contributed by atoms with Crippen molar-refractivity contribution in [2.45, 2.75) is 57.0 Å². The Kier molecular flexibility index (Phi) is 5.59. The lowest BCUT2D eigenvalue weighted by Crippen LogP contribution is -2.53. The minimum absolute atomic E-state index is 0.0431. The van der Waals surface area contributed by atoms with Crippen molar-refractivity contribution < 1.29 is 17.9 Å². The molecule has 3 unspecified atom stereocenters. The van der Waals surface area contributed by atoms with Crippen molar-refractivity contribution in [1.82, 2.24) is 9.97 Å². The summed E-state index contributed by atoms with van der Waals surface area (Å²) in [5.41, 5.74) is 1.21. The first-order chi connectivity index (χ1) is 16.3. The molecule has 6 rings (SSSR count). The molecule has 1 aromatic heterocycles. The maximum atomic E-state index is 12.7. The molecule has 4 aliphatic carbocycles. The molecule has 4 aliphatic rings. The third kappa shape index (κ3) is 4.40.